The van der Waals surface area contributed by atoms with Crippen LogP contribution in [-0.2, 0) is 12.3 Å². The zero-order chi connectivity index (χ0) is 17.0. The van der Waals surface area contributed by atoms with Crippen LogP contribution in [0.25, 0.3) is 11.1 Å². The molecule has 0 fully saturated rings. The average Bonchev–Trinajstić information content (AvgIpc) is 2.64. The molecular weight excluding hydrogens is 326 g/mol. The minimum Gasteiger partial charge on any atom is -0.118 e. The zero-order valence-corrected chi connectivity index (χ0v) is 17.3. The molecule has 0 saturated heterocycles. The monoisotopic (exact) mass is 358 g/mol. The van der Waals surface area contributed by atoms with Crippen LogP contribution in [0.2, 0.25) is 0 Å². The summed E-state index contributed by atoms with van der Waals surface area (Å²) in [7, 11) is 2.16. The van der Waals surface area contributed by atoms with Crippen molar-refractivity contribution in [1.29, 1.82) is 0 Å². The van der Waals surface area contributed by atoms with Crippen LogP contribution in [0.15, 0.2) is 48.5 Å². The molecule has 0 amide bonds. The van der Waals surface area contributed by atoms with Crippen LogP contribution in [0.4, 0.5) is 0 Å². The summed E-state index contributed by atoms with van der Waals surface area (Å²) in [6.45, 7) is 4.58. The van der Waals surface area contributed by atoms with Crippen LogP contribution in [0.1, 0.15) is 50.7 Å². The number of benzene rings is 2. The lowest BCUT2D eigenvalue weighted by Gasteiger charge is -2.13. The summed E-state index contributed by atoms with van der Waals surface area (Å²) in [5, 5.41) is 0. The molecule has 0 heterocycles. The normalized spacial score (nSPS) is 11.9. The Hall–Kier alpha value is -0.700. The Morgan fingerprint density at radius 3 is 1.92 bits per heavy atom. The third kappa shape index (κ3) is 6.66. The van der Waals surface area contributed by atoms with Crippen LogP contribution in [0, 0.1) is 0 Å². The third-order valence-corrected chi connectivity index (χ3v) is 7.03. The summed E-state index contributed by atoms with van der Waals surface area (Å²) in [4.78, 5) is 0. The summed E-state index contributed by atoms with van der Waals surface area (Å²) in [6.07, 6.45) is 10.8. The molecule has 0 aliphatic heterocycles. The van der Waals surface area contributed by atoms with Crippen molar-refractivity contribution < 1.29 is 0 Å². The van der Waals surface area contributed by atoms with Gasteiger partial charge in [-0.15, -0.1) is 17.2 Å². The summed E-state index contributed by atoms with van der Waals surface area (Å²) in [5.74, 6) is 0. The van der Waals surface area contributed by atoms with Crippen molar-refractivity contribution in [3.63, 3.8) is 0 Å². The van der Waals surface area contributed by atoms with Crippen molar-refractivity contribution in [3.8, 4) is 11.1 Å². The number of hydrogen-bond donors (Lipinski definition) is 0. The molecule has 2 heteroatoms. The van der Waals surface area contributed by atoms with E-state index in [9.17, 15) is 0 Å². The largest absolute Gasteiger partial charge is 0.118 e. The highest BCUT2D eigenvalue weighted by Crippen LogP contribution is 2.31. The van der Waals surface area contributed by atoms with Gasteiger partial charge in [-0.05, 0) is 59.7 Å². The second kappa shape index (κ2) is 11.8. The van der Waals surface area contributed by atoms with Crippen molar-refractivity contribution in [2.45, 2.75) is 51.9 Å². The Kier molecular flexibility index (Phi) is 9.64. The van der Waals surface area contributed by atoms with Crippen molar-refractivity contribution in [2.24, 2.45) is 0 Å². The average molecular weight is 358 g/mol. The third-order valence-electron chi connectivity index (χ3n) is 4.36. The van der Waals surface area contributed by atoms with Crippen molar-refractivity contribution in [3.05, 3.63) is 59.7 Å². The lowest BCUT2D eigenvalue weighted by molar-refractivity contribution is 0.892. The van der Waals surface area contributed by atoms with Gasteiger partial charge in [0.1, 0.15) is 0 Å². The molecule has 2 rings (SSSR count). The molecule has 0 saturated carbocycles. The van der Waals surface area contributed by atoms with Crippen molar-refractivity contribution in [2.75, 3.05) is 12.3 Å². The maximum absolute atomic E-state index is 2.47. The first-order valence-corrected chi connectivity index (χ1v) is 12.3. The van der Waals surface area contributed by atoms with E-state index >= 15 is 0 Å². The van der Waals surface area contributed by atoms with Gasteiger partial charge in [-0.3, -0.25) is 0 Å². The van der Waals surface area contributed by atoms with E-state index in [1.54, 1.807) is 11.1 Å². The minimum atomic E-state index is 1.08. The summed E-state index contributed by atoms with van der Waals surface area (Å²) in [5.41, 5.74) is 5.94. The summed E-state index contributed by atoms with van der Waals surface area (Å²) >= 11 is 0. The predicted octanol–water partition coefficient (Wildman–Crippen LogP) is 7.31. The Balaban J connectivity index is 2.09. The van der Waals surface area contributed by atoms with E-state index in [0.717, 1.165) is 17.2 Å². The zero-order valence-electron chi connectivity index (χ0n) is 15.3. The number of hydrogen-bond acceptors (Lipinski definition) is 0. The molecule has 24 heavy (non-hydrogen) atoms. The standard InChI is InChI=1S/C22H32P2/c1-3-5-14-23-17-21-13-12-20(19-10-8-7-9-11-19)16-22(21)18-24-15-6-4-2/h7-13,16,23-24H,3-6,14-15,17-18H2,1-2H3. The summed E-state index contributed by atoms with van der Waals surface area (Å²) < 4.78 is 0. The second-order valence-corrected chi connectivity index (χ2v) is 9.12. The van der Waals surface area contributed by atoms with Crippen LogP contribution in [-0.4, -0.2) is 12.3 Å². The molecule has 0 N–H and O–H groups in total. The van der Waals surface area contributed by atoms with Gasteiger partial charge >= 0.3 is 0 Å². The van der Waals surface area contributed by atoms with E-state index < -0.39 is 0 Å². The van der Waals surface area contributed by atoms with Crippen LogP contribution in [0.3, 0.4) is 0 Å². The fraction of sp³-hybridized carbons (Fsp3) is 0.455. The maximum atomic E-state index is 2.47. The van der Waals surface area contributed by atoms with Gasteiger partial charge in [-0.2, -0.15) is 0 Å². The second-order valence-electron chi connectivity index (χ2n) is 6.41. The van der Waals surface area contributed by atoms with E-state index in [4.69, 9.17) is 0 Å². The van der Waals surface area contributed by atoms with Crippen LogP contribution in [0.5, 0.6) is 0 Å². The molecular formula is C22H32P2. The molecule has 2 aromatic rings. The highest BCUT2D eigenvalue weighted by molar-refractivity contribution is 7.37. The molecule has 0 radical (unpaired) electrons. The predicted molar refractivity (Wildman–Crippen MR) is 115 cm³/mol. The molecule has 130 valence electrons. The van der Waals surface area contributed by atoms with Crippen LogP contribution < -0.4 is 0 Å². The van der Waals surface area contributed by atoms with Crippen molar-refractivity contribution in [1.82, 2.24) is 0 Å². The van der Waals surface area contributed by atoms with E-state index in [0.29, 0.717) is 0 Å². The SMILES string of the molecule is CCCCPCc1ccc(-c2ccccc2)cc1CPCCCC. The van der Waals surface area contributed by atoms with Crippen LogP contribution >= 0.6 is 17.2 Å². The first-order chi connectivity index (χ1) is 11.8. The molecule has 2 atom stereocenters. The van der Waals surface area contributed by atoms with Gasteiger partial charge in [-0.25, -0.2) is 0 Å². The molecule has 0 nitrogen and oxygen atoms in total. The Morgan fingerprint density at radius 2 is 1.29 bits per heavy atom. The van der Waals surface area contributed by atoms with E-state index in [-0.39, 0.29) is 0 Å². The number of unbranched alkanes of at least 4 members (excludes halogenated alkanes) is 2. The van der Waals surface area contributed by atoms with Gasteiger partial charge in [0.05, 0.1) is 0 Å². The molecule has 0 bridgehead atoms. The fourth-order valence-electron chi connectivity index (χ4n) is 2.82. The van der Waals surface area contributed by atoms with E-state index in [1.165, 1.54) is 61.5 Å². The van der Waals surface area contributed by atoms with Gasteiger partial charge in [0, 0.05) is 0 Å². The maximum Gasteiger partial charge on any atom is -0.00975 e. The smallest absolute Gasteiger partial charge is 0.00975 e. The first-order valence-electron chi connectivity index (χ1n) is 9.43. The van der Waals surface area contributed by atoms with Gasteiger partial charge < -0.3 is 0 Å². The highest BCUT2D eigenvalue weighted by atomic mass is 31.1. The lowest BCUT2D eigenvalue weighted by atomic mass is 10.0. The molecule has 0 aromatic heterocycles. The molecule has 2 unspecified atom stereocenters. The van der Waals surface area contributed by atoms with E-state index in [1.807, 2.05) is 0 Å². The lowest BCUT2D eigenvalue weighted by Crippen LogP contribution is -1.93. The molecule has 0 aliphatic carbocycles. The van der Waals surface area contributed by atoms with Gasteiger partial charge in [0.25, 0.3) is 0 Å². The topological polar surface area (TPSA) is 0 Å². The van der Waals surface area contributed by atoms with Gasteiger partial charge in [0.15, 0.2) is 0 Å². The first kappa shape index (κ1) is 19.6. The Labute approximate surface area is 152 Å². The van der Waals surface area contributed by atoms with Gasteiger partial charge in [-0.1, -0.05) is 75.2 Å². The highest BCUT2D eigenvalue weighted by Gasteiger charge is 2.06. The Bertz CT molecular complexity index is 578. The quantitative estimate of drug-likeness (QED) is 0.292. The summed E-state index contributed by atoms with van der Waals surface area (Å²) in [6, 6.07) is 18.0. The molecule has 0 spiro atoms. The molecule has 2 aromatic carbocycles. The fourth-order valence-corrected chi connectivity index (χ4v) is 5.60. The molecule has 0 aliphatic rings. The van der Waals surface area contributed by atoms with Gasteiger partial charge in [0.2, 0.25) is 0 Å². The number of rotatable bonds is 11. The minimum absolute atomic E-state index is 1.08. The Morgan fingerprint density at radius 1 is 0.667 bits per heavy atom. The van der Waals surface area contributed by atoms with Crippen molar-refractivity contribution >= 4 is 17.2 Å². The van der Waals surface area contributed by atoms with E-state index in [2.05, 4.69) is 62.4 Å².